The van der Waals surface area contributed by atoms with Gasteiger partial charge in [-0.1, -0.05) is 38.5 Å². The summed E-state index contributed by atoms with van der Waals surface area (Å²) in [6, 6.07) is 7.71. The highest BCUT2D eigenvalue weighted by atomic mass is 16.5. The first-order valence-electron chi connectivity index (χ1n) is 8.62. The van der Waals surface area contributed by atoms with Crippen molar-refractivity contribution in [2.75, 3.05) is 11.9 Å². The maximum Gasteiger partial charge on any atom is 0.264 e. The maximum atomic E-state index is 12.3. The van der Waals surface area contributed by atoms with E-state index in [4.69, 9.17) is 9.15 Å². The van der Waals surface area contributed by atoms with E-state index in [0.29, 0.717) is 11.5 Å². The molecule has 142 valence electrons. The fraction of sp³-hybridized carbons (Fsp3) is 0.381. The molecule has 27 heavy (non-hydrogen) atoms. The number of nitriles is 1. The number of furan rings is 1. The second kappa shape index (κ2) is 7.67. The number of Topliss-reactive ketones (excluding diaryl/α,β-unsaturated/α-hetero) is 1. The van der Waals surface area contributed by atoms with Gasteiger partial charge in [0.1, 0.15) is 23.1 Å². The minimum atomic E-state index is -0.476. The first kappa shape index (κ1) is 20.2. The largest absolute Gasteiger partial charge is 0.483 e. The summed E-state index contributed by atoms with van der Waals surface area (Å²) < 4.78 is 11.1. The van der Waals surface area contributed by atoms with Gasteiger partial charge < -0.3 is 9.15 Å². The highest BCUT2D eigenvalue weighted by Crippen LogP contribution is 2.32. The Morgan fingerprint density at radius 3 is 2.48 bits per heavy atom. The lowest BCUT2D eigenvalue weighted by Gasteiger charge is -2.23. The fourth-order valence-electron chi connectivity index (χ4n) is 2.83. The molecule has 0 radical (unpaired) electrons. The fourth-order valence-corrected chi connectivity index (χ4v) is 2.83. The zero-order chi connectivity index (χ0) is 20.4. The van der Waals surface area contributed by atoms with E-state index in [1.165, 1.54) is 6.92 Å². The number of carbonyl (C=O) groups excluding carboxylic acids is 2. The molecule has 0 aliphatic rings. The molecule has 2 aromatic rings. The number of carbonyl (C=O) groups is 2. The van der Waals surface area contributed by atoms with Crippen molar-refractivity contribution in [3.63, 3.8) is 0 Å². The van der Waals surface area contributed by atoms with Crippen molar-refractivity contribution in [3.8, 4) is 11.8 Å². The number of benzene rings is 1. The lowest BCUT2D eigenvalue weighted by atomic mass is 9.85. The zero-order valence-corrected chi connectivity index (χ0v) is 16.5. The number of nitrogens with zero attached hydrogens (tertiary/aromatic N) is 1. The molecule has 1 aromatic heterocycles. The number of nitrogens with one attached hydrogen (secondary N) is 1. The predicted molar refractivity (Wildman–Crippen MR) is 102 cm³/mol. The van der Waals surface area contributed by atoms with Gasteiger partial charge in [-0.3, -0.25) is 14.9 Å². The molecule has 0 aliphatic carbocycles. The van der Waals surface area contributed by atoms with Gasteiger partial charge in [0.05, 0.1) is 5.56 Å². The standard InChI is InChI=1S/C21H24N2O4/c1-12-7-8-17(16(9-12)21(4,5)6)26-11-18(25)23-20-15(10-22)19(13(2)24)14(3)27-20/h7-9H,11H2,1-6H3,(H,23,25). The van der Waals surface area contributed by atoms with Crippen LogP contribution in [0.3, 0.4) is 0 Å². The van der Waals surface area contributed by atoms with E-state index in [1.54, 1.807) is 6.92 Å². The first-order chi connectivity index (χ1) is 12.5. The summed E-state index contributed by atoms with van der Waals surface area (Å²) >= 11 is 0. The van der Waals surface area contributed by atoms with Gasteiger partial charge in [-0.2, -0.15) is 5.26 Å². The summed E-state index contributed by atoms with van der Waals surface area (Å²) in [5, 5.41) is 11.8. The van der Waals surface area contributed by atoms with Crippen LogP contribution in [-0.2, 0) is 10.2 Å². The average Bonchev–Trinajstić information content (AvgIpc) is 2.88. The third-order valence-electron chi connectivity index (χ3n) is 4.10. The molecule has 0 saturated heterocycles. The third kappa shape index (κ3) is 4.56. The smallest absolute Gasteiger partial charge is 0.264 e. The van der Waals surface area contributed by atoms with Crippen LogP contribution in [0.2, 0.25) is 0 Å². The van der Waals surface area contributed by atoms with Crippen molar-refractivity contribution in [1.82, 2.24) is 0 Å². The summed E-state index contributed by atoms with van der Waals surface area (Å²) in [5.41, 5.74) is 2.18. The summed E-state index contributed by atoms with van der Waals surface area (Å²) in [7, 11) is 0. The second-order valence-electron chi connectivity index (χ2n) is 7.49. The molecule has 0 spiro atoms. The van der Waals surface area contributed by atoms with Crippen LogP contribution in [0, 0.1) is 25.2 Å². The molecule has 2 rings (SSSR count). The van der Waals surface area contributed by atoms with E-state index in [9.17, 15) is 14.9 Å². The Hall–Kier alpha value is -3.07. The van der Waals surface area contributed by atoms with Crippen molar-refractivity contribution in [3.05, 3.63) is 46.2 Å². The van der Waals surface area contributed by atoms with E-state index in [1.807, 2.05) is 31.2 Å². The number of hydrogen-bond donors (Lipinski definition) is 1. The number of anilines is 1. The van der Waals surface area contributed by atoms with Gasteiger partial charge in [0.2, 0.25) is 5.88 Å². The molecule has 1 N–H and O–H groups in total. The molecule has 6 heteroatoms. The number of amides is 1. The van der Waals surface area contributed by atoms with Gasteiger partial charge in [-0.05, 0) is 37.8 Å². The predicted octanol–water partition coefficient (Wildman–Crippen LogP) is 4.29. The van der Waals surface area contributed by atoms with E-state index < -0.39 is 5.91 Å². The second-order valence-corrected chi connectivity index (χ2v) is 7.49. The third-order valence-corrected chi connectivity index (χ3v) is 4.10. The van der Waals surface area contributed by atoms with Gasteiger partial charge in [-0.25, -0.2) is 0 Å². The molecule has 0 unspecified atom stereocenters. The molecule has 1 aromatic carbocycles. The highest BCUT2D eigenvalue weighted by Gasteiger charge is 2.23. The molecule has 0 bridgehead atoms. The van der Waals surface area contributed by atoms with Gasteiger partial charge in [0.15, 0.2) is 12.4 Å². The number of aryl methyl sites for hydroxylation is 2. The quantitative estimate of drug-likeness (QED) is 0.795. The lowest BCUT2D eigenvalue weighted by molar-refractivity contribution is -0.118. The Labute approximate surface area is 159 Å². The topological polar surface area (TPSA) is 92.3 Å². The molecule has 6 nitrogen and oxygen atoms in total. The van der Waals surface area contributed by atoms with Crippen LogP contribution in [0.4, 0.5) is 5.88 Å². The SMILES string of the molecule is CC(=O)c1c(C)oc(NC(=O)COc2ccc(C)cc2C(C)(C)C)c1C#N. The van der Waals surface area contributed by atoms with Crippen LogP contribution in [-0.4, -0.2) is 18.3 Å². The highest BCUT2D eigenvalue weighted by molar-refractivity contribution is 6.01. The normalized spacial score (nSPS) is 11.0. The van der Waals surface area contributed by atoms with Crippen LogP contribution in [0.15, 0.2) is 22.6 Å². The summed E-state index contributed by atoms with van der Waals surface area (Å²) in [5.74, 6) is 0.121. The molecule has 0 atom stereocenters. The van der Waals surface area contributed by atoms with E-state index >= 15 is 0 Å². The lowest BCUT2D eigenvalue weighted by Crippen LogP contribution is -2.22. The number of rotatable bonds is 5. The molecular formula is C21H24N2O4. The number of ether oxygens (including phenoxy) is 1. The van der Waals surface area contributed by atoms with Gasteiger partial charge in [0.25, 0.3) is 5.91 Å². The Balaban J connectivity index is 2.16. The van der Waals surface area contributed by atoms with Crippen molar-refractivity contribution in [2.45, 2.75) is 47.0 Å². The van der Waals surface area contributed by atoms with Crippen molar-refractivity contribution in [2.24, 2.45) is 0 Å². The monoisotopic (exact) mass is 368 g/mol. The summed E-state index contributed by atoms with van der Waals surface area (Å²) in [4.78, 5) is 23.9. The van der Waals surface area contributed by atoms with Crippen LogP contribution >= 0.6 is 0 Å². The first-order valence-corrected chi connectivity index (χ1v) is 8.62. The van der Waals surface area contributed by atoms with Crippen LogP contribution in [0.25, 0.3) is 0 Å². The molecular weight excluding hydrogens is 344 g/mol. The van der Waals surface area contributed by atoms with E-state index in [-0.39, 0.29) is 34.8 Å². The van der Waals surface area contributed by atoms with Gasteiger partial charge in [0, 0.05) is 0 Å². The average molecular weight is 368 g/mol. The van der Waals surface area contributed by atoms with Crippen LogP contribution < -0.4 is 10.1 Å². The number of hydrogen-bond acceptors (Lipinski definition) is 5. The molecule has 1 amide bonds. The minimum absolute atomic E-state index is 0.0269. The Kier molecular flexibility index (Phi) is 5.75. The molecule has 0 aliphatic heterocycles. The summed E-state index contributed by atoms with van der Waals surface area (Å²) in [6.07, 6.45) is 0. The molecule has 0 fully saturated rings. The Morgan fingerprint density at radius 1 is 1.26 bits per heavy atom. The van der Waals surface area contributed by atoms with Crippen LogP contribution in [0.1, 0.15) is 60.5 Å². The minimum Gasteiger partial charge on any atom is -0.483 e. The van der Waals surface area contributed by atoms with Crippen molar-refractivity contribution in [1.29, 1.82) is 5.26 Å². The van der Waals surface area contributed by atoms with Crippen molar-refractivity contribution < 1.29 is 18.7 Å². The number of ketones is 1. The zero-order valence-electron chi connectivity index (χ0n) is 16.5. The van der Waals surface area contributed by atoms with Gasteiger partial charge in [-0.15, -0.1) is 0 Å². The van der Waals surface area contributed by atoms with E-state index in [0.717, 1.165) is 11.1 Å². The van der Waals surface area contributed by atoms with E-state index in [2.05, 4.69) is 26.1 Å². The van der Waals surface area contributed by atoms with Crippen LogP contribution in [0.5, 0.6) is 5.75 Å². The summed E-state index contributed by atoms with van der Waals surface area (Å²) in [6.45, 7) is 10.9. The Morgan fingerprint density at radius 2 is 1.93 bits per heavy atom. The van der Waals surface area contributed by atoms with Gasteiger partial charge >= 0.3 is 0 Å². The maximum absolute atomic E-state index is 12.3. The molecule has 1 heterocycles. The Bertz CT molecular complexity index is 927. The van der Waals surface area contributed by atoms with Crippen molar-refractivity contribution >= 4 is 17.6 Å². The molecule has 0 saturated carbocycles.